The van der Waals surface area contributed by atoms with Crippen molar-refractivity contribution in [2.24, 2.45) is 5.41 Å². The Morgan fingerprint density at radius 3 is 2.52 bits per heavy atom. The van der Waals surface area contributed by atoms with Crippen LogP contribution in [-0.2, 0) is 30.2 Å². The zero-order valence-corrected chi connectivity index (χ0v) is 17.7. The Balaban J connectivity index is 2.14. The molecule has 3 atom stereocenters. The van der Waals surface area contributed by atoms with Gasteiger partial charge in [-0.3, -0.25) is 9.59 Å². The Hall–Kier alpha value is -2.44. The fourth-order valence-corrected chi connectivity index (χ4v) is 3.38. The molecule has 6 nitrogen and oxygen atoms in total. The third-order valence-electron chi connectivity index (χ3n) is 5.22. The number of ketones is 1. The third-order valence-corrected chi connectivity index (χ3v) is 5.22. The van der Waals surface area contributed by atoms with Crippen molar-refractivity contribution in [1.82, 2.24) is 0 Å². The van der Waals surface area contributed by atoms with Gasteiger partial charge in [0.15, 0.2) is 11.2 Å². The number of anilines is 1. The minimum atomic E-state index is -1.42. The van der Waals surface area contributed by atoms with E-state index in [-0.39, 0.29) is 19.0 Å². The number of rotatable bonds is 9. The number of esters is 1. The van der Waals surface area contributed by atoms with Crippen molar-refractivity contribution in [3.05, 3.63) is 54.3 Å². The van der Waals surface area contributed by atoms with Gasteiger partial charge in [-0.1, -0.05) is 25.3 Å². The highest BCUT2D eigenvalue weighted by Crippen LogP contribution is 2.39. The zero-order valence-electron chi connectivity index (χ0n) is 17.7. The maximum absolute atomic E-state index is 13.0. The molecule has 1 aliphatic rings. The zero-order chi connectivity index (χ0) is 21.6. The van der Waals surface area contributed by atoms with Crippen LogP contribution < -0.4 is 5.32 Å². The molecular weight excluding hydrogens is 370 g/mol. The van der Waals surface area contributed by atoms with E-state index in [1.165, 1.54) is 7.11 Å². The summed E-state index contributed by atoms with van der Waals surface area (Å²) in [6.07, 6.45) is 0.131. The number of benzene rings is 1. The summed E-state index contributed by atoms with van der Waals surface area (Å²) >= 11 is 0. The highest BCUT2D eigenvalue weighted by atomic mass is 16.6. The maximum Gasteiger partial charge on any atom is 0.322 e. The first-order valence-corrected chi connectivity index (χ1v) is 9.76. The van der Waals surface area contributed by atoms with Crippen molar-refractivity contribution < 1.29 is 23.8 Å². The van der Waals surface area contributed by atoms with E-state index in [9.17, 15) is 9.59 Å². The van der Waals surface area contributed by atoms with Crippen LogP contribution in [0.15, 0.2) is 48.7 Å². The Morgan fingerprint density at radius 1 is 1.28 bits per heavy atom. The molecule has 0 spiro atoms. The molecule has 29 heavy (non-hydrogen) atoms. The van der Waals surface area contributed by atoms with Gasteiger partial charge in [0.2, 0.25) is 0 Å². The standard InChI is InChI=1S/C23H31NO5/c1-15(2)24-19-10-7-18(8-11-19)9-12-20-23(5,22(26)28-14-13-27-6)21(25)16(3)17(4)29-20/h7-8,10-11,17,20,24H,1,3,9,12-14H2,2,4-6H3. The first-order chi connectivity index (χ1) is 13.7. The smallest absolute Gasteiger partial charge is 0.322 e. The molecule has 1 fully saturated rings. The normalized spacial score (nSPS) is 24.3. The number of hydrogen-bond donors (Lipinski definition) is 1. The van der Waals surface area contributed by atoms with Crippen molar-refractivity contribution in [3.63, 3.8) is 0 Å². The van der Waals surface area contributed by atoms with E-state index in [2.05, 4.69) is 18.5 Å². The molecule has 0 bridgehead atoms. The number of Topliss-reactive ketones (excluding diaryl/α,β-unsaturated/α-hetero) is 1. The molecule has 1 N–H and O–H groups in total. The lowest BCUT2D eigenvalue weighted by Crippen LogP contribution is -2.55. The van der Waals surface area contributed by atoms with Crippen LogP contribution in [0.2, 0.25) is 0 Å². The Labute approximate surface area is 172 Å². The summed E-state index contributed by atoms with van der Waals surface area (Å²) in [4.78, 5) is 25.8. The summed E-state index contributed by atoms with van der Waals surface area (Å²) in [7, 11) is 1.52. The van der Waals surface area contributed by atoms with Crippen molar-refractivity contribution in [1.29, 1.82) is 0 Å². The van der Waals surface area contributed by atoms with Crippen molar-refractivity contribution in [3.8, 4) is 0 Å². The summed E-state index contributed by atoms with van der Waals surface area (Å²) in [5.74, 6) is -0.914. The Kier molecular flexibility index (Phi) is 7.76. The van der Waals surface area contributed by atoms with E-state index in [1.807, 2.05) is 31.2 Å². The largest absolute Gasteiger partial charge is 0.462 e. The van der Waals surface area contributed by atoms with Crippen LogP contribution in [0.25, 0.3) is 0 Å². The lowest BCUT2D eigenvalue weighted by Gasteiger charge is -2.41. The van der Waals surface area contributed by atoms with E-state index in [4.69, 9.17) is 14.2 Å². The molecule has 6 heteroatoms. The average molecular weight is 402 g/mol. The van der Waals surface area contributed by atoms with Crippen LogP contribution in [0.3, 0.4) is 0 Å². The molecule has 0 saturated carbocycles. The predicted molar refractivity (Wildman–Crippen MR) is 113 cm³/mol. The fourth-order valence-electron chi connectivity index (χ4n) is 3.38. The van der Waals surface area contributed by atoms with E-state index in [0.717, 1.165) is 16.9 Å². The van der Waals surface area contributed by atoms with Gasteiger partial charge in [0.05, 0.1) is 18.8 Å². The monoisotopic (exact) mass is 401 g/mol. The van der Waals surface area contributed by atoms with Crippen LogP contribution in [0.5, 0.6) is 0 Å². The second-order valence-electron chi connectivity index (χ2n) is 7.59. The van der Waals surface area contributed by atoms with Crippen LogP contribution in [0.4, 0.5) is 5.69 Å². The van der Waals surface area contributed by atoms with Crippen LogP contribution >= 0.6 is 0 Å². The number of methoxy groups -OCH3 is 1. The summed E-state index contributed by atoms with van der Waals surface area (Å²) < 4.78 is 16.2. The van der Waals surface area contributed by atoms with E-state index < -0.39 is 23.6 Å². The number of hydrogen-bond acceptors (Lipinski definition) is 6. The molecule has 1 aromatic rings. The molecule has 0 aliphatic carbocycles. The summed E-state index contributed by atoms with van der Waals surface area (Å²) in [6.45, 7) is 13.3. The van der Waals surface area contributed by atoms with E-state index >= 15 is 0 Å². The molecule has 158 valence electrons. The van der Waals surface area contributed by atoms with Crippen LogP contribution in [0.1, 0.15) is 32.8 Å². The van der Waals surface area contributed by atoms with Gasteiger partial charge < -0.3 is 19.5 Å². The lowest BCUT2D eigenvalue weighted by molar-refractivity contribution is -0.178. The predicted octanol–water partition coefficient (Wildman–Crippen LogP) is 3.67. The summed E-state index contributed by atoms with van der Waals surface area (Å²) in [6, 6.07) is 7.96. The molecule has 1 aromatic carbocycles. The Bertz CT molecular complexity index is 770. The van der Waals surface area contributed by atoms with Crippen molar-refractivity contribution in [2.45, 2.75) is 45.8 Å². The molecule has 1 heterocycles. The molecule has 3 unspecified atom stereocenters. The molecule has 0 amide bonds. The van der Waals surface area contributed by atoms with Gasteiger partial charge in [-0.05, 0) is 51.3 Å². The Morgan fingerprint density at radius 2 is 1.93 bits per heavy atom. The molecule has 1 saturated heterocycles. The average Bonchev–Trinajstić information content (AvgIpc) is 2.69. The number of nitrogens with one attached hydrogen (secondary N) is 1. The molecule has 0 radical (unpaired) electrons. The molecular formula is C23H31NO5. The fraction of sp³-hybridized carbons (Fsp3) is 0.478. The van der Waals surface area contributed by atoms with Gasteiger partial charge in [0, 0.05) is 24.1 Å². The molecule has 1 aliphatic heterocycles. The van der Waals surface area contributed by atoms with Gasteiger partial charge in [0.1, 0.15) is 6.61 Å². The second kappa shape index (κ2) is 9.85. The quantitative estimate of drug-likeness (QED) is 0.295. The summed E-state index contributed by atoms with van der Waals surface area (Å²) in [5.41, 5.74) is 1.78. The van der Waals surface area contributed by atoms with Gasteiger partial charge in [-0.25, -0.2) is 0 Å². The molecule has 0 aromatic heterocycles. The topological polar surface area (TPSA) is 73.9 Å². The lowest BCUT2D eigenvalue weighted by atomic mass is 9.72. The SMILES string of the molecule is C=C(C)Nc1ccc(CCC2OC(C)C(=C)C(=O)C2(C)C(=O)OCCOC)cc1. The van der Waals surface area contributed by atoms with Crippen LogP contribution in [0, 0.1) is 5.41 Å². The van der Waals surface area contributed by atoms with Gasteiger partial charge in [-0.2, -0.15) is 0 Å². The van der Waals surface area contributed by atoms with Crippen molar-refractivity contribution in [2.75, 3.05) is 25.6 Å². The highest BCUT2D eigenvalue weighted by Gasteiger charge is 2.54. The van der Waals surface area contributed by atoms with Gasteiger partial charge in [0.25, 0.3) is 0 Å². The summed E-state index contributed by atoms with van der Waals surface area (Å²) in [5, 5.41) is 3.16. The maximum atomic E-state index is 13.0. The number of ether oxygens (including phenoxy) is 3. The highest BCUT2D eigenvalue weighted by molar-refractivity contribution is 6.13. The van der Waals surface area contributed by atoms with E-state index in [1.54, 1.807) is 13.8 Å². The van der Waals surface area contributed by atoms with Crippen molar-refractivity contribution >= 4 is 17.4 Å². The number of carbonyl (C=O) groups is 2. The minimum absolute atomic E-state index is 0.0874. The minimum Gasteiger partial charge on any atom is -0.462 e. The van der Waals surface area contributed by atoms with Gasteiger partial charge in [-0.15, -0.1) is 0 Å². The van der Waals surface area contributed by atoms with Gasteiger partial charge >= 0.3 is 5.97 Å². The number of carbonyl (C=O) groups excluding carboxylic acids is 2. The van der Waals surface area contributed by atoms with Crippen LogP contribution in [-0.4, -0.2) is 44.3 Å². The third kappa shape index (κ3) is 5.34. The first-order valence-electron chi connectivity index (χ1n) is 9.76. The number of aryl methyl sites for hydroxylation is 1. The second-order valence-corrected chi connectivity index (χ2v) is 7.59. The van der Waals surface area contributed by atoms with E-state index in [0.29, 0.717) is 18.4 Å². The number of allylic oxidation sites excluding steroid dienone is 1. The molecule has 2 rings (SSSR count). The first kappa shape index (κ1) is 22.8.